The van der Waals surface area contributed by atoms with Crippen molar-refractivity contribution in [2.24, 2.45) is 0 Å². The van der Waals surface area contributed by atoms with Crippen molar-refractivity contribution in [1.82, 2.24) is 14.7 Å². The number of rotatable bonds is 4. The molecule has 0 aliphatic carbocycles. The highest BCUT2D eigenvalue weighted by Gasteiger charge is 2.19. The molecule has 0 aliphatic rings. The van der Waals surface area contributed by atoms with E-state index in [2.05, 4.69) is 10.5 Å². The Balaban J connectivity index is 2.00. The van der Waals surface area contributed by atoms with Gasteiger partial charge in [0.1, 0.15) is 6.04 Å². The van der Waals surface area contributed by atoms with E-state index in [1.54, 1.807) is 33.3 Å². The molecule has 2 heterocycles. The fraction of sp³-hybridized carbons (Fsp3) is 0.333. The molecule has 0 bridgehead atoms. The van der Waals surface area contributed by atoms with E-state index in [-0.39, 0.29) is 11.9 Å². The van der Waals surface area contributed by atoms with Crippen LogP contribution in [0.2, 0.25) is 0 Å². The zero-order valence-electron chi connectivity index (χ0n) is 9.91. The van der Waals surface area contributed by atoms with Crippen molar-refractivity contribution in [1.29, 1.82) is 0 Å². The van der Waals surface area contributed by atoms with Gasteiger partial charge in [0, 0.05) is 26.0 Å². The lowest BCUT2D eigenvalue weighted by molar-refractivity contribution is -0.133. The lowest BCUT2D eigenvalue weighted by atomic mass is 10.2. The van der Waals surface area contributed by atoms with E-state index in [0.717, 1.165) is 0 Å². The summed E-state index contributed by atoms with van der Waals surface area (Å²) in [5.41, 5.74) is 1.17. The summed E-state index contributed by atoms with van der Waals surface area (Å²) in [4.78, 5) is 13.9. The highest BCUT2D eigenvalue weighted by molar-refractivity contribution is 7.07. The first-order chi connectivity index (χ1) is 8.18. The van der Waals surface area contributed by atoms with Gasteiger partial charge < -0.3 is 4.90 Å². The molecule has 17 heavy (non-hydrogen) atoms. The number of hydrogen-bond donors (Lipinski definition) is 0. The molecule has 0 fully saturated rings. The molecular weight excluding hydrogens is 234 g/mol. The van der Waals surface area contributed by atoms with Gasteiger partial charge in [-0.3, -0.25) is 9.48 Å². The van der Waals surface area contributed by atoms with Crippen LogP contribution in [-0.2, 0) is 11.3 Å². The summed E-state index contributed by atoms with van der Waals surface area (Å²) in [5, 5.41) is 8.16. The Morgan fingerprint density at radius 2 is 2.47 bits per heavy atom. The van der Waals surface area contributed by atoms with Crippen LogP contribution in [0.15, 0.2) is 35.3 Å². The van der Waals surface area contributed by atoms with E-state index >= 15 is 0 Å². The molecule has 1 amide bonds. The first-order valence-electron chi connectivity index (χ1n) is 5.43. The Morgan fingerprint density at radius 1 is 1.65 bits per heavy atom. The van der Waals surface area contributed by atoms with Crippen LogP contribution in [0, 0.1) is 0 Å². The average Bonchev–Trinajstić information content (AvgIpc) is 2.99. The van der Waals surface area contributed by atoms with Gasteiger partial charge in [-0.25, -0.2) is 0 Å². The Morgan fingerprint density at radius 3 is 3.06 bits per heavy atom. The van der Waals surface area contributed by atoms with Gasteiger partial charge in [-0.15, -0.1) is 0 Å². The molecule has 2 aromatic heterocycles. The minimum absolute atomic E-state index is 0.0694. The van der Waals surface area contributed by atoms with Gasteiger partial charge in [-0.2, -0.15) is 16.4 Å². The smallest absolute Gasteiger partial charge is 0.247 e. The van der Waals surface area contributed by atoms with Crippen molar-refractivity contribution in [2.75, 3.05) is 7.05 Å². The molecule has 1 unspecified atom stereocenters. The molecule has 0 radical (unpaired) electrons. The second-order valence-corrected chi connectivity index (χ2v) is 4.77. The van der Waals surface area contributed by atoms with Crippen LogP contribution >= 0.6 is 11.3 Å². The third-order valence-electron chi connectivity index (χ3n) is 2.66. The maximum Gasteiger partial charge on any atom is 0.247 e. The van der Waals surface area contributed by atoms with Crippen LogP contribution in [0.1, 0.15) is 18.5 Å². The minimum atomic E-state index is -0.256. The van der Waals surface area contributed by atoms with Gasteiger partial charge in [0.05, 0.1) is 0 Å². The first kappa shape index (κ1) is 11.9. The van der Waals surface area contributed by atoms with Crippen LogP contribution in [-0.4, -0.2) is 27.6 Å². The summed E-state index contributed by atoms with van der Waals surface area (Å²) >= 11 is 1.64. The topological polar surface area (TPSA) is 38.1 Å². The largest absolute Gasteiger partial charge is 0.340 e. The van der Waals surface area contributed by atoms with E-state index in [9.17, 15) is 4.79 Å². The highest BCUT2D eigenvalue weighted by Crippen LogP contribution is 2.12. The van der Waals surface area contributed by atoms with Crippen molar-refractivity contribution in [3.8, 4) is 0 Å². The Hall–Kier alpha value is -1.62. The highest BCUT2D eigenvalue weighted by atomic mass is 32.1. The lowest BCUT2D eigenvalue weighted by Crippen LogP contribution is -2.32. The third kappa shape index (κ3) is 2.74. The molecule has 2 rings (SSSR count). The monoisotopic (exact) mass is 249 g/mol. The summed E-state index contributed by atoms with van der Waals surface area (Å²) in [7, 11) is 1.82. The average molecular weight is 249 g/mol. The normalized spacial score (nSPS) is 12.4. The number of hydrogen-bond acceptors (Lipinski definition) is 3. The SMILES string of the molecule is CC(C(=O)N(C)Cc1ccsc1)n1cccn1. The number of aromatic nitrogens is 2. The molecule has 0 aromatic carbocycles. The minimum Gasteiger partial charge on any atom is -0.340 e. The Labute approximate surface area is 104 Å². The second kappa shape index (κ2) is 5.14. The number of amides is 1. The Kier molecular flexibility index (Phi) is 3.58. The van der Waals surface area contributed by atoms with Crippen LogP contribution in [0.3, 0.4) is 0 Å². The van der Waals surface area contributed by atoms with E-state index in [0.29, 0.717) is 6.54 Å². The molecule has 0 saturated carbocycles. The van der Waals surface area contributed by atoms with Gasteiger partial charge in [-0.1, -0.05) is 0 Å². The van der Waals surface area contributed by atoms with Gasteiger partial charge in [0.2, 0.25) is 5.91 Å². The summed E-state index contributed by atoms with van der Waals surface area (Å²) in [6.07, 6.45) is 3.49. The number of thiophene rings is 1. The summed E-state index contributed by atoms with van der Waals surface area (Å²) in [6, 6.07) is 3.60. The quantitative estimate of drug-likeness (QED) is 0.833. The van der Waals surface area contributed by atoms with Gasteiger partial charge in [0.25, 0.3) is 0 Å². The zero-order valence-corrected chi connectivity index (χ0v) is 10.7. The summed E-state index contributed by atoms with van der Waals surface area (Å²) < 4.78 is 1.67. The van der Waals surface area contributed by atoms with Crippen molar-refractivity contribution in [2.45, 2.75) is 19.5 Å². The molecular formula is C12H15N3OS. The number of carbonyl (C=O) groups excluding carboxylic acids is 1. The van der Waals surface area contributed by atoms with Crippen LogP contribution in [0.5, 0.6) is 0 Å². The van der Waals surface area contributed by atoms with Gasteiger partial charge >= 0.3 is 0 Å². The van der Waals surface area contributed by atoms with Crippen molar-refractivity contribution >= 4 is 17.2 Å². The van der Waals surface area contributed by atoms with Crippen LogP contribution < -0.4 is 0 Å². The van der Waals surface area contributed by atoms with Crippen molar-refractivity contribution in [3.05, 3.63) is 40.8 Å². The third-order valence-corrected chi connectivity index (χ3v) is 3.39. The number of carbonyl (C=O) groups is 1. The molecule has 0 spiro atoms. The van der Waals surface area contributed by atoms with Crippen LogP contribution in [0.4, 0.5) is 0 Å². The molecule has 0 N–H and O–H groups in total. The number of nitrogens with zero attached hydrogens (tertiary/aromatic N) is 3. The Bertz CT molecular complexity index is 464. The predicted octanol–water partition coefficient (Wildman–Crippen LogP) is 2.16. The molecule has 90 valence electrons. The predicted molar refractivity (Wildman–Crippen MR) is 67.7 cm³/mol. The summed E-state index contributed by atoms with van der Waals surface area (Å²) in [5.74, 6) is 0.0694. The van der Waals surface area contributed by atoms with Crippen LogP contribution in [0.25, 0.3) is 0 Å². The molecule has 5 heteroatoms. The van der Waals surface area contributed by atoms with Gasteiger partial charge in [0.15, 0.2) is 0 Å². The summed E-state index contributed by atoms with van der Waals surface area (Å²) in [6.45, 7) is 2.51. The maximum absolute atomic E-state index is 12.1. The fourth-order valence-electron chi connectivity index (χ4n) is 1.68. The molecule has 0 saturated heterocycles. The molecule has 1 atom stereocenters. The van der Waals surface area contributed by atoms with Crippen molar-refractivity contribution < 1.29 is 4.79 Å². The molecule has 4 nitrogen and oxygen atoms in total. The molecule has 2 aromatic rings. The standard InChI is InChI=1S/C12H15N3OS/c1-10(15-6-3-5-13-15)12(16)14(2)8-11-4-7-17-9-11/h3-7,9-10H,8H2,1-2H3. The molecule has 0 aliphatic heterocycles. The van der Waals surface area contributed by atoms with E-state index in [1.165, 1.54) is 5.56 Å². The maximum atomic E-state index is 12.1. The van der Waals surface area contributed by atoms with E-state index in [1.807, 2.05) is 31.5 Å². The van der Waals surface area contributed by atoms with Crippen molar-refractivity contribution in [3.63, 3.8) is 0 Å². The zero-order chi connectivity index (χ0) is 12.3. The van der Waals surface area contributed by atoms with Gasteiger partial charge in [-0.05, 0) is 35.4 Å². The van der Waals surface area contributed by atoms with E-state index in [4.69, 9.17) is 0 Å². The fourth-order valence-corrected chi connectivity index (χ4v) is 2.34. The lowest BCUT2D eigenvalue weighted by Gasteiger charge is -2.21. The second-order valence-electron chi connectivity index (χ2n) is 3.99. The first-order valence-corrected chi connectivity index (χ1v) is 6.38. The van der Waals surface area contributed by atoms with E-state index < -0.39 is 0 Å². The number of likely N-dealkylation sites (N-methyl/N-ethyl adjacent to an activating group) is 1.